The van der Waals surface area contributed by atoms with Gasteiger partial charge in [-0.05, 0) is 30.8 Å². The fourth-order valence-electron chi connectivity index (χ4n) is 1.36. The normalized spacial score (nSPS) is 12.1. The van der Waals surface area contributed by atoms with Gasteiger partial charge in [-0.15, -0.1) is 0 Å². The van der Waals surface area contributed by atoms with Crippen LogP contribution in [-0.4, -0.2) is 35.5 Å². The minimum atomic E-state index is -0.847. The van der Waals surface area contributed by atoms with Crippen molar-refractivity contribution in [1.82, 2.24) is 5.32 Å². The van der Waals surface area contributed by atoms with Crippen LogP contribution >= 0.6 is 11.8 Å². The van der Waals surface area contributed by atoms with Crippen LogP contribution in [0, 0.1) is 5.92 Å². The number of carbonyl (C=O) groups excluding carboxylic acids is 1. The third-order valence-corrected chi connectivity index (χ3v) is 2.85. The van der Waals surface area contributed by atoms with E-state index in [1.165, 1.54) is 0 Å². The molecule has 0 radical (unpaired) electrons. The largest absolute Gasteiger partial charge is 0.481 e. The summed E-state index contributed by atoms with van der Waals surface area (Å²) in [5, 5.41) is 11.3. The summed E-state index contributed by atoms with van der Waals surface area (Å²) in [6.45, 7) is 2.47. The van der Waals surface area contributed by atoms with Crippen LogP contribution in [-0.2, 0) is 9.59 Å². The van der Waals surface area contributed by atoms with E-state index >= 15 is 0 Å². The van der Waals surface area contributed by atoms with Gasteiger partial charge in [0, 0.05) is 19.4 Å². The molecule has 0 aliphatic heterocycles. The highest BCUT2D eigenvalue weighted by Crippen LogP contribution is 2.06. The number of nitrogens with one attached hydrogen (secondary N) is 1. The van der Waals surface area contributed by atoms with Crippen LogP contribution in [0.15, 0.2) is 0 Å². The van der Waals surface area contributed by atoms with Crippen molar-refractivity contribution >= 4 is 23.6 Å². The first-order chi connectivity index (χ1) is 7.56. The molecule has 0 bridgehead atoms. The quantitative estimate of drug-likeness (QED) is 0.609. The summed E-state index contributed by atoms with van der Waals surface area (Å²) in [6.07, 6.45) is 4.51. The maximum Gasteiger partial charge on any atom is 0.303 e. The molecule has 0 heterocycles. The van der Waals surface area contributed by atoms with Crippen LogP contribution in [0.4, 0.5) is 0 Å². The third-order valence-electron chi connectivity index (χ3n) is 2.15. The Hall–Kier alpha value is -0.710. The fourth-order valence-corrected chi connectivity index (χ4v) is 1.85. The number of hydrogen-bond acceptors (Lipinski definition) is 3. The molecule has 0 aliphatic carbocycles. The number of unbranched alkanes of at least 4 members (excludes halogenated alkanes) is 1. The standard InChI is InChI=1S/C11H21NO3S/c1-9(8-11(14)15)7-10(13)12-5-3-4-6-16-2/h9H,3-8H2,1-2H3,(H,12,13)(H,14,15). The van der Waals surface area contributed by atoms with E-state index < -0.39 is 5.97 Å². The minimum Gasteiger partial charge on any atom is -0.481 e. The summed E-state index contributed by atoms with van der Waals surface area (Å²) in [5.41, 5.74) is 0. The topological polar surface area (TPSA) is 66.4 Å². The van der Waals surface area contributed by atoms with Crippen LogP contribution in [0.5, 0.6) is 0 Å². The molecule has 94 valence electrons. The van der Waals surface area contributed by atoms with Gasteiger partial charge in [-0.25, -0.2) is 0 Å². The molecular weight excluding hydrogens is 226 g/mol. The second kappa shape index (κ2) is 9.51. The summed E-state index contributed by atoms with van der Waals surface area (Å²) >= 11 is 1.80. The van der Waals surface area contributed by atoms with Gasteiger partial charge in [0.05, 0.1) is 0 Å². The van der Waals surface area contributed by atoms with Gasteiger partial charge in [0.25, 0.3) is 0 Å². The van der Waals surface area contributed by atoms with Crippen LogP contribution in [0.3, 0.4) is 0 Å². The molecule has 0 aliphatic rings. The van der Waals surface area contributed by atoms with Gasteiger partial charge in [-0.1, -0.05) is 6.92 Å². The van der Waals surface area contributed by atoms with Gasteiger partial charge in [0.2, 0.25) is 5.91 Å². The Labute approximate surface area is 101 Å². The Morgan fingerprint density at radius 1 is 1.31 bits per heavy atom. The first kappa shape index (κ1) is 15.3. The van der Waals surface area contributed by atoms with Gasteiger partial charge in [0.15, 0.2) is 0 Å². The molecule has 0 aromatic heterocycles. The van der Waals surface area contributed by atoms with Crippen LogP contribution in [0.1, 0.15) is 32.6 Å². The number of rotatable bonds is 9. The molecule has 0 aromatic carbocycles. The average Bonchev–Trinajstić information content (AvgIpc) is 2.15. The van der Waals surface area contributed by atoms with Gasteiger partial charge in [0.1, 0.15) is 0 Å². The number of carboxylic acids is 1. The predicted molar refractivity (Wildman–Crippen MR) is 66.7 cm³/mol. The molecule has 4 nitrogen and oxygen atoms in total. The maximum absolute atomic E-state index is 11.4. The lowest BCUT2D eigenvalue weighted by molar-refractivity contribution is -0.138. The van der Waals surface area contributed by atoms with E-state index in [-0.39, 0.29) is 18.2 Å². The van der Waals surface area contributed by atoms with Crippen LogP contribution in [0.2, 0.25) is 0 Å². The van der Waals surface area contributed by atoms with Crippen molar-refractivity contribution in [2.75, 3.05) is 18.6 Å². The van der Waals surface area contributed by atoms with Crippen LogP contribution < -0.4 is 5.32 Å². The predicted octanol–water partition coefficient (Wildman–Crippen LogP) is 1.75. The molecule has 0 saturated carbocycles. The number of aliphatic carboxylic acids is 1. The zero-order valence-corrected chi connectivity index (χ0v) is 10.8. The zero-order chi connectivity index (χ0) is 12.4. The lowest BCUT2D eigenvalue weighted by atomic mass is 10.0. The summed E-state index contributed by atoms with van der Waals surface area (Å²) in [7, 11) is 0. The lowest BCUT2D eigenvalue weighted by Gasteiger charge is -2.09. The van der Waals surface area contributed by atoms with E-state index in [0.29, 0.717) is 13.0 Å². The minimum absolute atomic E-state index is 0.0436. The van der Waals surface area contributed by atoms with E-state index in [9.17, 15) is 9.59 Å². The molecule has 1 amide bonds. The summed E-state index contributed by atoms with van der Waals surface area (Å²) in [6, 6.07) is 0. The highest BCUT2D eigenvalue weighted by atomic mass is 32.2. The SMILES string of the molecule is CSCCCCNC(=O)CC(C)CC(=O)O. The monoisotopic (exact) mass is 247 g/mol. The van der Waals surface area contributed by atoms with E-state index in [1.54, 1.807) is 18.7 Å². The van der Waals surface area contributed by atoms with E-state index in [2.05, 4.69) is 11.6 Å². The molecule has 0 spiro atoms. The Morgan fingerprint density at radius 3 is 2.56 bits per heavy atom. The molecule has 1 unspecified atom stereocenters. The molecular formula is C11H21NO3S. The summed E-state index contributed by atoms with van der Waals surface area (Å²) < 4.78 is 0. The van der Waals surface area contributed by atoms with E-state index in [0.717, 1.165) is 18.6 Å². The fraction of sp³-hybridized carbons (Fsp3) is 0.818. The molecule has 0 rings (SSSR count). The number of carboxylic acid groups (broad SMARTS) is 1. The van der Waals surface area contributed by atoms with Gasteiger partial charge >= 0.3 is 5.97 Å². The number of amides is 1. The first-order valence-electron chi connectivity index (χ1n) is 5.53. The van der Waals surface area contributed by atoms with Crippen molar-refractivity contribution in [1.29, 1.82) is 0 Å². The van der Waals surface area contributed by atoms with E-state index in [1.807, 2.05) is 0 Å². The van der Waals surface area contributed by atoms with Crippen molar-refractivity contribution in [3.63, 3.8) is 0 Å². The van der Waals surface area contributed by atoms with Crippen molar-refractivity contribution in [3.05, 3.63) is 0 Å². The third kappa shape index (κ3) is 9.83. The Bertz CT molecular complexity index is 221. The molecule has 1 atom stereocenters. The summed E-state index contributed by atoms with van der Waals surface area (Å²) in [5.74, 6) is 0.132. The van der Waals surface area contributed by atoms with Crippen LogP contribution in [0.25, 0.3) is 0 Å². The number of carbonyl (C=O) groups is 2. The maximum atomic E-state index is 11.4. The smallest absolute Gasteiger partial charge is 0.303 e. The lowest BCUT2D eigenvalue weighted by Crippen LogP contribution is -2.26. The molecule has 0 saturated heterocycles. The zero-order valence-electron chi connectivity index (χ0n) is 9.99. The average molecular weight is 247 g/mol. The van der Waals surface area contributed by atoms with Crippen molar-refractivity contribution < 1.29 is 14.7 Å². The van der Waals surface area contributed by atoms with Crippen molar-refractivity contribution in [2.24, 2.45) is 5.92 Å². The Morgan fingerprint density at radius 2 is 2.00 bits per heavy atom. The second-order valence-electron chi connectivity index (χ2n) is 3.96. The Kier molecular flexibility index (Phi) is 9.09. The second-order valence-corrected chi connectivity index (χ2v) is 4.94. The Balaban J connectivity index is 3.47. The van der Waals surface area contributed by atoms with Gasteiger partial charge in [-0.3, -0.25) is 9.59 Å². The molecule has 16 heavy (non-hydrogen) atoms. The highest BCUT2D eigenvalue weighted by molar-refractivity contribution is 7.98. The highest BCUT2D eigenvalue weighted by Gasteiger charge is 2.11. The van der Waals surface area contributed by atoms with E-state index in [4.69, 9.17) is 5.11 Å². The molecule has 2 N–H and O–H groups in total. The number of hydrogen-bond donors (Lipinski definition) is 2. The van der Waals surface area contributed by atoms with Crippen molar-refractivity contribution in [3.8, 4) is 0 Å². The summed E-state index contributed by atoms with van der Waals surface area (Å²) in [4.78, 5) is 21.7. The molecule has 0 aromatic rings. The molecule has 0 fully saturated rings. The van der Waals surface area contributed by atoms with Crippen molar-refractivity contribution in [2.45, 2.75) is 32.6 Å². The van der Waals surface area contributed by atoms with Gasteiger partial charge in [-0.2, -0.15) is 11.8 Å². The van der Waals surface area contributed by atoms with Gasteiger partial charge < -0.3 is 10.4 Å². The molecule has 5 heteroatoms. The number of thioether (sulfide) groups is 1. The first-order valence-corrected chi connectivity index (χ1v) is 6.93.